The monoisotopic (exact) mass is 304 g/mol. The number of hydrogen-bond acceptors (Lipinski definition) is 3. The van der Waals surface area contributed by atoms with Crippen LogP contribution in [0.4, 0.5) is 18.9 Å². The zero-order valence-electron chi connectivity index (χ0n) is 11.8. The number of amides is 1. The summed E-state index contributed by atoms with van der Waals surface area (Å²) in [6, 6.07) is 3.12. The van der Waals surface area contributed by atoms with Gasteiger partial charge in [0.05, 0.1) is 5.56 Å². The number of alkyl halides is 3. The number of halogens is 3. The van der Waals surface area contributed by atoms with Gasteiger partial charge in [0.15, 0.2) is 0 Å². The van der Waals surface area contributed by atoms with Gasteiger partial charge in [-0.05, 0) is 31.0 Å². The fraction of sp³-hybridized carbons (Fsp3) is 0.500. The molecular formula is C14H19F3N2O2. The van der Waals surface area contributed by atoms with Gasteiger partial charge in [0.25, 0.3) is 5.91 Å². The Morgan fingerprint density at radius 1 is 1.33 bits per heavy atom. The van der Waals surface area contributed by atoms with Gasteiger partial charge in [-0.15, -0.1) is 0 Å². The summed E-state index contributed by atoms with van der Waals surface area (Å²) in [7, 11) is 0. The highest BCUT2D eigenvalue weighted by atomic mass is 19.4. The Hall–Kier alpha value is -1.76. The third-order valence-corrected chi connectivity index (χ3v) is 2.72. The molecule has 0 unspecified atom stereocenters. The van der Waals surface area contributed by atoms with E-state index in [0.29, 0.717) is 26.2 Å². The van der Waals surface area contributed by atoms with E-state index in [1.807, 2.05) is 6.92 Å². The second kappa shape index (κ2) is 7.87. The predicted octanol–water partition coefficient (Wildman–Crippen LogP) is 2.83. The average molecular weight is 304 g/mol. The summed E-state index contributed by atoms with van der Waals surface area (Å²) in [6.07, 6.45) is -3.06. The normalized spacial score (nSPS) is 11.4. The second-order valence-corrected chi connectivity index (χ2v) is 4.52. The van der Waals surface area contributed by atoms with Gasteiger partial charge in [0, 0.05) is 31.0 Å². The zero-order chi connectivity index (χ0) is 15.9. The largest absolute Gasteiger partial charge is 0.418 e. The van der Waals surface area contributed by atoms with Crippen LogP contribution in [0, 0.1) is 0 Å². The number of nitrogens with two attached hydrogens (primary N) is 1. The molecule has 7 heteroatoms. The van der Waals surface area contributed by atoms with Crippen molar-refractivity contribution < 1.29 is 22.7 Å². The smallest absolute Gasteiger partial charge is 0.398 e. The molecule has 0 atom stereocenters. The van der Waals surface area contributed by atoms with Crippen LogP contribution < -0.4 is 11.1 Å². The summed E-state index contributed by atoms with van der Waals surface area (Å²) in [6.45, 7) is 3.49. The fourth-order valence-corrected chi connectivity index (χ4v) is 1.67. The molecule has 4 nitrogen and oxygen atoms in total. The minimum absolute atomic E-state index is 0.0639. The SMILES string of the molecule is CCCOCCCNC(=O)c1ccc(N)c(C(F)(F)F)c1. The Kier molecular flexibility index (Phi) is 6.48. The highest BCUT2D eigenvalue weighted by Gasteiger charge is 2.33. The summed E-state index contributed by atoms with van der Waals surface area (Å²) in [5, 5.41) is 2.55. The van der Waals surface area contributed by atoms with Crippen LogP contribution in [-0.2, 0) is 10.9 Å². The Labute approximate surface area is 121 Å². The lowest BCUT2D eigenvalue weighted by Crippen LogP contribution is -2.26. The summed E-state index contributed by atoms with van der Waals surface area (Å²) in [4.78, 5) is 11.8. The van der Waals surface area contributed by atoms with Crippen LogP contribution in [0.5, 0.6) is 0 Å². The first kappa shape index (κ1) is 17.3. The third kappa shape index (κ3) is 5.63. The molecule has 1 amide bonds. The first-order chi connectivity index (χ1) is 9.86. The van der Waals surface area contributed by atoms with Crippen molar-refractivity contribution in [3.05, 3.63) is 29.3 Å². The van der Waals surface area contributed by atoms with Crippen molar-refractivity contribution in [3.8, 4) is 0 Å². The lowest BCUT2D eigenvalue weighted by molar-refractivity contribution is -0.136. The standard InChI is InChI=1S/C14H19F3N2O2/c1-2-7-21-8-3-6-19-13(20)10-4-5-12(18)11(9-10)14(15,16)17/h4-5,9H,2-3,6-8,18H2,1H3,(H,19,20). The topological polar surface area (TPSA) is 64.3 Å². The number of benzene rings is 1. The van der Waals surface area contributed by atoms with Gasteiger partial charge in [0.1, 0.15) is 0 Å². The number of ether oxygens (including phenoxy) is 1. The first-order valence-electron chi connectivity index (χ1n) is 6.69. The van der Waals surface area contributed by atoms with E-state index in [0.717, 1.165) is 18.6 Å². The van der Waals surface area contributed by atoms with Crippen molar-refractivity contribution in [3.63, 3.8) is 0 Å². The van der Waals surface area contributed by atoms with Gasteiger partial charge in [-0.25, -0.2) is 0 Å². The number of rotatable bonds is 7. The molecule has 0 aromatic heterocycles. The molecule has 0 radical (unpaired) electrons. The third-order valence-electron chi connectivity index (χ3n) is 2.72. The Bertz CT molecular complexity index is 476. The van der Waals surface area contributed by atoms with Gasteiger partial charge >= 0.3 is 6.18 Å². The number of carbonyl (C=O) groups is 1. The van der Waals surface area contributed by atoms with Crippen LogP contribution in [-0.4, -0.2) is 25.7 Å². The van der Waals surface area contributed by atoms with E-state index in [4.69, 9.17) is 10.5 Å². The molecule has 1 aromatic carbocycles. The van der Waals surface area contributed by atoms with Gasteiger partial charge in [0.2, 0.25) is 0 Å². The number of carbonyl (C=O) groups excluding carboxylic acids is 1. The summed E-state index contributed by atoms with van der Waals surface area (Å²) in [5.41, 5.74) is 3.82. The van der Waals surface area contributed by atoms with Crippen molar-refractivity contribution in [2.24, 2.45) is 0 Å². The summed E-state index contributed by atoms with van der Waals surface area (Å²) in [5.74, 6) is -0.559. The van der Waals surface area contributed by atoms with E-state index < -0.39 is 23.3 Å². The van der Waals surface area contributed by atoms with E-state index in [9.17, 15) is 18.0 Å². The van der Waals surface area contributed by atoms with Crippen molar-refractivity contribution in [1.29, 1.82) is 0 Å². The van der Waals surface area contributed by atoms with E-state index in [2.05, 4.69) is 5.32 Å². The van der Waals surface area contributed by atoms with Crippen molar-refractivity contribution in [1.82, 2.24) is 5.32 Å². The van der Waals surface area contributed by atoms with Crippen LogP contribution >= 0.6 is 0 Å². The van der Waals surface area contributed by atoms with E-state index in [-0.39, 0.29) is 5.56 Å². The molecule has 0 spiro atoms. The maximum absolute atomic E-state index is 12.7. The zero-order valence-corrected chi connectivity index (χ0v) is 11.8. The van der Waals surface area contributed by atoms with Gasteiger partial charge in [-0.2, -0.15) is 13.2 Å². The molecule has 0 aliphatic rings. The summed E-state index contributed by atoms with van der Waals surface area (Å²) < 4.78 is 43.3. The molecule has 0 fully saturated rings. The number of nitrogen functional groups attached to an aromatic ring is 1. The molecule has 3 N–H and O–H groups in total. The van der Waals surface area contributed by atoms with Gasteiger partial charge < -0.3 is 15.8 Å². The maximum atomic E-state index is 12.7. The molecular weight excluding hydrogens is 285 g/mol. The van der Waals surface area contributed by atoms with E-state index in [1.54, 1.807) is 0 Å². The molecule has 1 aromatic rings. The Balaban J connectivity index is 2.55. The quantitative estimate of drug-likeness (QED) is 0.601. The molecule has 0 aliphatic heterocycles. The highest BCUT2D eigenvalue weighted by molar-refractivity contribution is 5.94. The van der Waals surface area contributed by atoms with Crippen molar-refractivity contribution >= 4 is 11.6 Å². The molecule has 0 heterocycles. The number of anilines is 1. The maximum Gasteiger partial charge on any atom is 0.418 e. The lowest BCUT2D eigenvalue weighted by atomic mass is 10.1. The lowest BCUT2D eigenvalue weighted by Gasteiger charge is -2.12. The fourth-order valence-electron chi connectivity index (χ4n) is 1.67. The Morgan fingerprint density at radius 3 is 2.67 bits per heavy atom. The van der Waals surface area contributed by atoms with E-state index in [1.165, 1.54) is 6.07 Å². The molecule has 21 heavy (non-hydrogen) atoms. The van der Waals surface area contributed by atoms with Crippen LogP contribution in [0.15, 0.2) is 18.2 Å². The second-order valence-electron chi connectivity index (χ2n) is 4.52. The van der Waals surface area contributed by atoms with Crippen molar-refractivity contribution in [2.45, 2.75) is 25.9 Å². The number of nitrogens with one attached hydrogen (secondary N) is 1. The Morgan fingerprint density at radius 2 is 2.05 bits per heavy atom. The van der Waals surface area contributed by atoms with Gasteiger partial charge in [-0.3, -0.25) is 4.79 Å². The molecule has 0 aliphatic carbocycles. The first-order valence-corrected chi connectivity index (χ1v) is 6.69. The van der Waals surface area contributed by atoms with Gasteiger partial charge in [-0.1, -0.05) is 6.92 Å². The minimum Gasteiger partial charge on any atom is -0.398 e. The molecule has 0 saturated heterocycles. The predicted molar refractivity (Wildman–Crippen MR) is 73.9 cm³/mol. The minimum atomic E-state index is -4.58. The van der Waals surface area contributed by atoms with Crippen molar-refractivity contribution in [2.75, 3.05) is 25.5 Å². The molecule has 1 rings (SSSR count). The van der Waals surface area contributed by atoms with Crippen LogP contribution in [0.25, 0.3) is 0 Å². The molecule has 0 saturated carbocycles. The van der Waals surface area contributed by atoms with E-state index >= 15 is 0 Å². The van der Waals surface area contributed by atoms with Crippen LogP contribution in [0.1, 0.15) is 35.7 Å². The molecule has 118 valence electrons. The summed E-state index contributed by atoms with van der Waals surface area (Å²) >= 11 is 0. The number of hydrogen-bond donors (Lipinski definition) is 2. The average Bonchev–Trinajstić information content (AvgIpc) is 2.41. The van der Waals surface area contributed by atoms with Crippen LogP contribution in [0.2, 0.25) is 0 Å². The van der Waals surface area contributed by atoms with Crippen LogP contribution in [0.3, 0.4) is 0 Å². The molecule has 0 bridgehead atoms. The highest BCUT2D eigenvalue weighted by Crippen LogP contribution is 2.33.